The molecule has 9 heteroatoms. The maximum Gasteiger partial charge on any atom is 0.220 e. The van der Waals surface area contributed by atoms with Crippen LogP contribution in [-0.4, -0.2) is 69.8 Å². The lowest BCUT2D eigenvalue weighted by Gasteiger charge is -2.35. The quantitative estimate of drug-likeness (QED) is 0.187. The third-order valence-corrected chi connectivity index (χ3v) is 6.12. The second-order valence-corrected chi connectivity index (χ2v) is 8.30. The predicted molar refractivity (Wildman–Crippen MR) is 136 cm³/mol. The molecular weight excluding hydrogens is 524 g/mol. The van der Waals surface area contributed by atoms with Crippen LogP contribution in [0.15, 0.2) is 29.3 Å². The lowest BCUT2D eigenvalue weighted by atomic mass is 10.0. The molecule has 1 saturated carbocycles. The summed E-state index contributed by atoms with van der Waals surface area (Å²) >= 11 is 0. The highest BCUT2D eigenvalue weighted by Crippen LogP contribution is 2.27. The second-order valence-electron chi connectivity index (χ2n) is 8.30. The van der Waals surface area contributed by atoms with Gasteiger partial charge in [-0.05, 0) is 36.5 Å². The number of hydrogen-bond donors (Lipinski definition) is 3. The number of morpholine rings is 1. The van der Waals surface area contributed by atoms with E-state index >= 15 is 0 Å². The molecule has 1 heterocycles. The van der Waals surface area contributed by atoms with Crippen molar-refractivity contribution in [3.05, 3.63) is 35.6 Å². The summed E-state index contributed by atoms with van der Waals surface area (Å²) in [4.78, 5) is 18.7. The van der Waals surface area contributed by atoms with Crippen LogP contribution in [0.4, 0.5) is 4.39 Å². The van der Waals surface area contributed by atoms with E-state index < -0.39 is 0 Å². The van der Waals surface area contributed by atoms with Crippen LogP contribution in [-0.2, 0) is 9.53 Å². The number of nitrogens with one attached hydrogen (secondary N) is 3. The van der Waals surface area contributed by atoms with Crippen LogP contribution in [0.3, 0.4) is 0 Å². The Hall–Kier alpha value is -1.46. The number of benzene rings is 1. The molecule has 1 aliphatic carbocycles. The van der Waals surface area contributed by atoms with Crippen molar-refractivity contribution in [1.82, 2.24) is 20.9 Å². The minimum Gasteiger partial charge on any atom is -0.379 e. The summed E-state index contributed by atoms with van der Waals surface area (Å²) in [6.07, 6.45) is 5.52. The Labute approximate surface area is 208 Å². The summed E-state index contributed by atoms with van der Waals surface area (Å²) in [5.74, 6) is 1.15. The Bertz CT molecular complexity index is 707. The normalized spacial score (nSPS) is 18.6. The van der Waals surface area contributed by atoms with Crippen LogP contribution in [0.2, 0.25) is 0 Å². The summed E-state index contributed by atoms with van der Waals surface area (Å²) in [7, 11) is 1.73. The molecule has 180 valence electrons. The number of ether oxygens (including phenoxy) is 1. The van der Waals surface area contributed by atoms with Crippen molar-refractivity contribution < 1.29 is 13.9 Å². The predicted octanol–water partition coefficient (Wildman–Crippen LogP) is 2.68. The number of nitrogens with zero attached hydrogens (tertiary/aromatic N) is 2. The average Bonchev–Trinajstić information content (AvgIpc) is 3.30. The summed E-state index contributed by atoms with van der Waals surface area (Å²) < 4.78 is 18.9. The van der Waals surface area contributed by atoms with E-state index in [1.54, 1.807) is 7.05 Å². The molecule has 1 aromatic carbocycles. The van der Waals surface area contributed by atoms with Crippen LogP contribution >= 0.6 is 24.0 Å². The van der Waals surface area contributed by atoms with Gasteiger partial charge in [0.2, 0.25) is 5.91 Å². The van der Waals surface area contributed by atoms with Gasteiger partial charge < -0.3 is 20.7 Å². The molecule has 2 fully saturated rings. The van der Waals surface area contributed by atoms with Gasteiger partial charge in [-0.2, -0.15) is 0 Å². The standard InChI is InChI=1S/C23H36FN5O2.HI/c1-25-23(27-11-10-26-22(30)16-18-4-2-3-5-18)28-17-21(29-12-14-31-15-13-29)19-6-8-20(24)9-7-19;/h6-9,18,21H,2-5,10-17H2,1H3,(H,26,30)(H2,25,27,28);1H. The molecule has 3 rings (SSSR count). The van der Waals surface area contributed by atoms with Crippen LogP contribution in [0, 0.1) is 11.7 Å². The van der Waals surface area contributed by atoms with Gasteiger partial charge in [-0.25, -0.2) is 4.39 Å². The van der Waals surface area contributed by atoms with E-state index in [-0.39, 0.29) is 41.7 Å². The van der Waals surface area contributed by atoms with Gasteiger partial charge >= 0.3 is 0 Å². The van der Waals surface area contributed by atoms with Gasteiger partial charge in [0.15, 0.2) is 5.96 Å². The fourth-order valence-electron chi connectivity index (χ4n) is 4.38. The number of halogens is 2. The molecule has 0 spiro atoms. The zero-order valence-electron chi connectivity index (χ0n) is 18.9. The molecule has 32 heavy (non-hydrogen) atoms. The van der Waals surface area contributed by atoms with Crippen LogP contribution in [0.5, 0.6) is 0 Å². The Kier molecular flexibility index (Phi) is 12.3. The summed E-state index contributed by atoms with van der Waals surface area (Å²) in [5.41, 5.74) is 1.06. The summed E-state index contributed by atoms with van der Waals surface area (Å²) in [5, 5.41) is 9.63. The van der Waals surface area contributed by atoms with Gasteiger partial charge in [0, 0.05) is 46.2 Å². The van der Waals surface area contributed by atoms with Crippen LogP contribution in [0.25, 0.3) is 0 Å². The maximum atomic E-state index is 13.4. The maximum absolute atomic E-state index is 13.4. The molecule has 1 amide bonds. The van der Waals surface area contributed by atoms with E-state index in [0.717, 1.165) is 18.7 Å². The molecule has 1 unspecified atom stereocenters. The summed E-state index contributed by atoms with van der Waals surface area (Å²) in [6.45, 7) is 4.88. The van der Waals surface area contributed by atoms with Gasteiger partial charge in [0.25, 0.3) is 0 Å². The Balaban J connectivity index is 0.00000363. The largest absolute Gasteiger partial charge is 0.379 e. The number of hydrogen-bond acceptors (Lipinski definition) is 4. The third kappa shape index (κ3) is 8.82. The highest BCUT2D eigenvalue weighted by Gasteiger charge is 2.23. The van der Waals surface area contributed by atoms with E-state index in [2.05, 4.69) is 25.8 Å². The zero-order chi connectivity index (χ0) is 21.9. The van der Waals surface area contributed by atoms with E-state index in [1.807, 2.05) is 12.1 Å². The highest BCUT2D eigenvalue weighted by atomic mass is 127. The number of aliphatic imine (C=N–C) groups is 1. The molecular formula is C23H37FIN5O2. The minimum absolute atomic E-state index is 0. The van der Waals surface area contributed by atoms with Crippen molar-refractivity contribution in [2.75, 3.05) is 53.0 Å². The Morgan fingerprint density at radius 2 is 1.78 bits per heavy atom. The van der Waals surface area contributed by atoms with E-state index in [0.29, 0.717) is 51.1 Å². The van der Waals surface area contributed by atoms with Crippen LogP contribution < -0.4 is 16.0 Å². The van der Waals surface area contributed by atoms with E-state index in [9.17, 15) is 9.18 Å². The van der Waals surface area contributed by atoms with Gasteiger partial charge in [-0.1, -0.05) is 25.0 Å². The highest BCUT2D eigenvalue weighted by molar-refractivity contribution is 14.0. The topological polar surface area (TPSA) is 78.0 Å². The second kappa shape index (κ2) is 14.6. The first-order valence-corrected chi connectivity index (χ1v) is 11.4. The molecule has 0 radical (unpaired) electrons. The molecule has 7 nitrogen and oxygen atoms in total. The molecule has 3 N–H and O–H groups in total. The summed E-state index contributed by atoms with van der Waals surface area (Å²) in [6, 6.07) is 6.78. The van der Waals surface area contributed by atoms with Crippen molar-refractivity contribution in [3.63, 3.8) is 0 Å². The number of amides is 1. The average molecular weight is 561 g/mol. The van der Waals surface area contributed by atoms with E-state index in [1.165, 1.54) is 37.8 Å². The number of rotatable bonds is 9. The SMILES string of the molecule is CN=C(NCCNC(=O)CC1CCCC1)NCC(c1ccc(F)cc1)N1CCOCC1.I. The van der Waals surface area contributed by atoms with Gasteiger partial charge in [0.1, 0.15) is 5.82 Å². The monoisotopic (exact) mass is 561 g/mol. The molecule has 1 aliphatic heterocycles. The lowest BCUT2D eigenvalue weighted by Crippen LogP contribution is -2.47. The van der Waals surface area contributed by atoms with Gasteiger partial charge in [-0.3, -0.25) is 14.7 Å². The van der Waals surface area contributed by atoms with Crippen molar-refractivity contribution in [1.29, 1.82) is 0 Å². The van der Waals surface area contributed by atoms with Crippen molar-refractivity contribution in [2.24, 2.45) is 10.9 Å². The van der Waals surface area contributed by atoms with Crippen LogP contribution in [0.1, 0.15) is 43.7 Å². The van der Waals surface area contributed by atoms with Gasteiger partial charge in [0.05, 0.1) is 19.3 Å². The molecule has 0 bridgehead atoms. The minimum atomic E-state index is -0.232. The first kappa shape index (κ1) is 26.8. The number of guanidine groups is 1. The van der Waals surface area contributed by atoms with Crippen molar-refractivity contribution in [3.8, 4) is 0 Å². The lowest BCUT2D eigenvalue weighted by molar-refractivity contribution is -0.121. The molecule has 2 aliphatic rings. The molecule has 1 saturated heterocycles. The van der Waals surface area contributed by atoms with Crippen molar-refractivity contribution in [2.45, 2.75) is 38.1 Å². The first-order valence-electron chi connectivity index (χ1n) is 11.4. The zero-order valence-corrected chi connectivity index (χ0v) is 21.3. The fraction of sp³-hybridized carbons (Fsp3) is 0.652. The fourth-order valence-corrected chi connectivity index (χ4v) is 4.38. The number of carbonyl (C=O) groups is 1. The Morgan fingerprint density at radius 1 is 1.12 bits per heavy atom. The molecule has 1 atom stereocenters. The Morgan fingerprint density at radius 3 is 2.44 bits per heavy atom. The molecule has 1 aromatic rings. The van der Waals surface area contributed by atoms with E-state index in [4.69, 9.17) is 4.74 Å². The first-order chi connectivity index (χ1) is 15.2. The number of carbonyl (C=O) groups excluding carboxylic acids is 1. The smallest absolute Gasteiger partial charge is 0.220 e. The van der Waals surface area contributed by atoms with Crippen molar-refractivity contribution >= 4 is 35.8 Å². The van der Waals surface area contributed by atoms with Gasteiger partial charge in [-0.15, -0.1) is 24.0 Å². The third-order valence-electron chi connectivity index (χ3n) is 6.12. The molecule has 0 aromatic heterocycles.